The Labute approximate surface area is 55.4 Å². The van der Waals surface area contributed by atoms with E-state index in [0.717, 1.165) is 6.20 Å². The van der Waals surface area contributed by atoms with Crippen LogP contribution < -0.4 is 0 Å². The van der Waals surface area contributed by atoms with E-state index in [2.05, 4.69) is 14.9 Å². The van der Waals surface area contributed by atoms with Crippen molar-refractivity contribution in [2.75, 3.05) is 0 Å². The van der Waals surface area contributed by atoms with Crippen molar-refractivity contribution in [2.24, 2.45) is 0 Å². The minimum atomic E-state index is -1.16. The van der Waals surface area contributed by atoms with Crippen LogP contribution in [-0.4, -0.2) is 28.2 Å². The van der Waals surface area contributed by atoms with Gasteiger partial charge in [0.25, 0.3) is 5.76 Å². The molecule has 0 aliphatic rings. The van der Waals surface area contributed by atoms with Crippen LogP contribution in [-0.2, 0) is 4.79 Å². The Morgan fingerprint density at radius 1 is 1.70 bits per heavy atom. The quantitative estimate of drug-likeness (QED) is 0.575. The van der Waals surface area contributed by atoms with Crippen LogP contribution in [0.5, 0.6) is 0 Å². The molecule has 0 amide bonds. The maximum absolute atomic E-state index is 9.89. The maximum Gasteiger partial charge on any atom is 0.376 e. The van der Waals surface area contributed by atoms with Gasteiger partial charge in [0.2, 0.25) is 0 Å². The van der Waals surface area contributed by atoms with Gasteiger partial charge in [-0.2, -0.15) is 0 Å². The van der Waals surface area contributed by atoms with E-state index in [1.54, 1.807) is 0 Å². The largest absolute Gasteiger partial charge is 0.475 e. The van der Waals surface area contributed by atoms with Crippen LogP contribution in [0.25, 0.3) is 0 Å². The lowest BCUT2D eigenvalue weighted by molar-refractivity contribution is -0.0980. The number of rotatable bonds is 1. The van der Waals surface area contributed by atoms with Crippen molar-refractivity contribution in [2.45, 2.75) is 0 Å². The van der Waals surface area contributed by atoms with Gasteiger partial charge in [0.1, 0.15) is 13.0 Å². The first kappa shape index (κ1) is 8.28. The predicted molar refractivity (Wildman–Crippen MR) is 28.4 cm³/mol. The third-order valence-electron chi connectivity index (χ3n) is 0.572. The van der Waals surface area contributed by atoms with Gasteiger partial charge in [-0.05, 0) is 0 Å². The SMILES string of the molecule is C=O.O=C(O)c1cnno1. The molecule has 0 fully saturated rings. The van der Waals surface area contributed by atoms with Crippen LogP contribution in [0.2, 0.25) is 0 Å². The third kappa shape index (κ3) is 2.03. The summed E-state index contributed by atoms with van der Waals surface area (Å²) in [4.78, 5) is 17.9. The molecule has 0 atom stereocenters. The van der Waals surface area contributed by atoms with Crippen LogP contribution in [0.4, 0.5) is 0 Å². The summed E-state index contributed by atoms with van der Waals surface area (Å²) >= 11 is 0. The van der Waals surface area contributed by atoms with Gasteiger partial charge >= 0.3 is 5.97 Å². The molecule has 0 spiro atoms. The van der Waals surface area contributed by atoms with Crippen molar-refractivity contribution in [1.82, 2.24) is 10.4 Å². The molecule has 0 aromatic carbocycles. The van der Waals surface area contributed by atoms with E-state index in [1.807, 2.05) is 6.79 Å². The Morgan fingerprint density at radius 2 is 2.30 bits per heavy atom. The summed E-state index contributed by atoms with van der Waals surface area (Å²) in [6.07, 6.45) is 1.03. The summed E-state index contributed by atoms with van der Waals surface area (Å²) in [5.74, 6) is -1.40. The van der Waals surface area contributed by atoms with Gasteiger partial charge in [-0.1, -0.05) is 0 Å². The standard InChI is InChI=1S/C3H2N2O3.CH2O/c6-3(7)2-1-4-5-8-2;1-2/h1H,(H,6,7);1H2. The first-order valence-corrected chi connectivity index (χ1v) is 2.10. The Bertz CT molecular complexity index is 195. The van der Waals surface area contributed by atoms with Crippen molar-refractivity contribution in [1.29, 1.82) is 0 Å². The first-order valence-electron chi connectivity index (χ1n) is 2.10. The highest BCUT2D eigenvalue weighted by molar-refractivity contribution is 5.83. The first-order chi connectivity index (χ1) is 4.80. The second-order valence-electron chi connectivity index (χ2n) is 1.09. The van der Waals surface area contributed by atoms with Crippen molar-refractivity contribution in [3.8, 4) is 0 Å². The molecule has 1 aromatic heterocycles. The zero-order valence-electron chi connectivity index (χ0n) is 4.85. The number of carbonyl (C=O) groups excluding carboxylic acids is 1. The molecule has 0 aliphatic carbocycles. The number of carboxylic acid groups (broad SMARTS) is 1. The van der Waals surface area contributed by atoms with E-state index >= 15 is 0 Å². The van der Waals surface area contributed by atoms with Gasteiger partial charge in [0.15, 0.2) is 0 Å². The molecule has 0 bridgehead atoms. The number of carboxylic acids is 1. The van der Waals surface area contributed by atoms with E-state index in [0.29, 0.717) is 0 Å². The number of hydrogen-bond acceptors (Lipinski definition) is 5. The molecule has 0 unspecified atom stereocenters. The Balaban J connectivity index is 0.000000371. The molecule has 0 radical (unpaired) electrons. The molecule has 54 valence electrons. The van der Waals surface area contributed by atoms with Gasteiger partial charge in [-0.25, -0.2) is 4.79 Å². The molecule has 1 N–H and O–H groups in total. The highest BCUT2D eigenvalue weighted by Gasteiger charge is 2.05. The highest BCUT2D eigenvalue weighted by atomic mass is 16.5. The Morgan fingerprint density at radius 3 is 2.50 bits per heavy atom. The second kappa shape index (κ2) is 4.19. The van der Waals surface area contributed by atoms with Crippen LogP contribution in [0.1, 0.15) is 10.6 Å². The van der Waals surface area contributed by atoms with E-state index in [9.17, 15) is 4.79 Å². The van der Waals surface area contributed by atoms with Crippen molar-refractivity contribution in [3.05, 3.63) is 12.0 Å². The lowest BCUT2D eigenvalue weighted by Crippen LogP contribution is -1.91. The Hall–Kier alpha value is -1.72. The van der Waals surface area contributed by atoms with Crippen molar-refractivity contribution < 1.29 is 19.2 Å². The van der Waals surface area contributed by atoms with E-state index in [1.165, 1.54) is 0 Å². The van der Waals surface area contributed by atoms with Crippen LogP contribution >= 0.6 is 0 Å². The number of nitrogens with zero attached hydrogens (tertiary/aromatic N) is 2. The minimum absolute atomic E-state index is 0.245. The van der Waals surface area contributed by atoms with E-state index in [4.69, 9.17) is 9.90 Å². The fourth-order valence-corrected chi connectivity index (χ4v) is 0.261. The van der Waals surface area contributed by atoms with Crippen molar-refractivity contribution in [3.63, 3.8) is 0 Å². The fourth-order valence-electron chi connectivity index (χ4n) is 0.261. The molecule has 1 rings (SSSR count). The second-order valence-corrected chi connectivity index (χ2v) is 1.09. The number of aromatic carboxylic acids is 1. The summed E-state index contributed by atoms with van der Waals surface area (Å²) in [6, 6.07) is 0. The topological polar surface area (TPSA) is 93.3 Å². The smallest absolute Gasteiger partial charge is 0.376 e. The molecule has 0 aliphatic heterocycles. The molecule has 0 saturated heterocycles. The van der Waals surface area contributed by atoms with Crippen LogP contribution in [0, 0.1) is 0 Å². The van der Waals surface area contributed by atoms with Gasteiger partial charge in [-0.15, -0.1) is 5.10 Å². The summed E-state index contributed by atoms with van der Waals surface area (Å²) in [7, 11) is 0. The summed E-state index contributed by atoms with van der Waals surface area (Å²) in [5, 5.41) is 14.2. The molecule has 1 heterocycles. The van der Waals surface area contributed by atoms with Gasteiger partial charge < -0.3 is 14.4 Å². The molecular weight excluding hydrogens is 140 g/mol. The van der Waals surface area contributed by atoms with Crippen LogP contribution in [0.3, 0.4) is 0 Å². The Kier molecular flexibility index (Phi) is 3.47. The number of aromatic nitrogens is 2. The third-order valence-corrected chi connectivity index (χ3v) is 0.572. The zero-order chi connectivity index (χ0) is 7.98. The fraction of sp³-hybridized carbons (Fsp3) is 0. The van der Waals surface area contributed by atoms with E-state index < -0.39 is 5.97 Å². The number of hydrogen-bond donors (Lipinski definition) is 1. The summed E-state index contributed by atoms with van der Waals surface area (Å²) in [6.45, 7) is 2.00. The molecule has 6 heteroatoms. The predicted octanol–water partition coefficient (Wildman–Crippen LogP) is -0.417. The average molecular weight is 144 g/mol. The van der Waals surface area contributed by atoms with E-state index in [-0.39, 0.29) is 5.76 Å². The molecule has 6 nitrogen and oxygen atoms in total. The normalized spacial score (nSPS) is 7.60. The molecule has 0 saturated carbocycles. The lowest BCUT2D eigenvalue weighted by atomic mass is 10.5. The molecule has 10 heavy (non-hydrogen) atoms. The summed E-state index contributed by atoms with van der Waals surface area (Å²) in [5.41, 5.74) is 0. The average Bonchev–Trinajstić information content (AvgIpc) is 2.42. The highest BCUT2D eigenvalue weighted by Crippen LogP contribution is 1.90. The molecular formula is C4H4N2O4. The van der Waals surface area contributed by atoms with Gasteiger partial charge in [-0.3, -0.25) is 0 Å². The van der Waals surface area contributed by atoms with Crippen LogP contribution in [0.15, 0.2) is 10.7 Å². The monoisotopic (exact) mass is 144 g/mol. The van der Waals surface area contributed by atoms with Gasteiger partial charge in [0.05, 0.1) is 0 Å². The van der Waals surface area contributed by atoms with Gasteiger partial charge in [0, 0.05) is 5.27 Å². The maximum atomic E-state index is 9.89. The summed E-state index contributed by atoms with van der Waals surface area (Å²) < 4.78 is 4.13. The lowest BCUT2D eigenvalue weighted by Gasteiger charge is -1.74. The number of carbonyl (C=O) groups is 2. The van der Waals surface area contributed by atoms with Crippen molar-refractivity contribution >= 4 is 12.8 Å². The molecule has 1 aromatic rings. The zero-order valence-corrected chi connectivity index (χ0v) is 4.85. The minimum Gasteiger partial charge on any atom is -0.475 e.